The van der Waals surface area contributed by atoms with Crippen molar-refractivity contribution in [2.24, 2.45) is 0 Å². The number of hydrogen-bond acceptors (Lipinski definition) is 6. The fourth-order valence-electron chi connectivity index (χ4n) is 2.98. The van der Waals surface area contributed by atoms with E-state index in [0.717, 1.165) is 17.0 Å². The molecule has 2 heterocycles. The number of pyridine rings is 1. The Balaban J connectivity index is 1.45. The number of methoxy groups -OCH3 is 1. The molecular formula is C22H21N3O4. The number of benzene rings is 2. The van der Waals surface area contributed by atoms with E-state index in [0.29, 0.717) is 41.8 Å². The van der Waals surface area contributed by atoms with Crippen LogP contribution in [-0.2, 0) is 0 Å². The number of ether oxygens (including phenoxy) is 3. The van der Waals surface area contributed by atoms with E-state index in [4.69, 9.17) is 14.2 Å². The molecule has 0 aliphatic carbocycles. The zero-order valence-corrected chi connectivity index (χ0v) is 16.2. The Morgan fingerprint density at radius 3 is 2.62 bits per heavy atom. The highest BCUT2D eigenvalue weighted by molar-refractivity contribution is 6.04. The number of amides is 1. The van der Waals surface area contributed by atoms with Gasteiger partial charge in [-0.15, -0.1) is 0 Å². The first kappa shape index (κ1) is 18.6. The molecule has 0 atom stereocenters. The van der Waals surface area contributed by atoms with Gasteiger partial charge in [0.1, 0.15) is 24.8 Å². The van der Waals surface area contributed by atoms with Crippen molar-refractivity contribution in [1.82, 2.24) is 4.98 Å². The van der Waals surface area contributed by atoms with Crippen molar-refractivity contribution in [1.29, 1.82) is 0 Å². The fraction of sp³-hybridized carbons (Fsp3) is 0.182. The second kappa shape index (κ2) is 8.10. The Morgan fingerprint density at radius 2 is 1.86 bits per heavy atom. The van der Waals surface area contributed by atoms with E-state index in [-0.39, 0.29) is 5.91 Å². The summed E-state index contributed by atoms with van der Waals surface area (Å²) in [5, 5.41) is 6.06. The van der Waals surface area contributed by atoms with Crippen molar-refractivity contribution < 1.29 is 19.0 Å². The van der Waals surface area contributed by atoms with E-state index in [1.54, 1.807) is 37.4 Å². The molecule has 1 aromatic heterocycles. The second-order valence-corrected chi connectivity index (χ2v) is 6.57. The molecule has 0 unspecified atom stereocenters. The molecule has 3 aromatic rings. The largest absolute Gasteiger partial charge is 0.495 e. The topological polar surface area (TPSA) is 81.7 Å². The van der Waals surface area contributed by atoms with E-state index < -0.39 is 0 Å². The standard InChI is InChI=1S/C22H21N3O4/c1-14-3-6-18(27-2)17(11-14)25-21-8-4-15(13-23-21)22(26)24-16-5-7-19-20(12-16)29-10-9-28-19/h3-8,11-13H,9-10H2,1-2H3,(H,23,25)(H,24,26). The van der Waals surface area contributed by atoms with Gasteiger partial charge in [0.25, 0.3) is 5.91 Å². The summed E-state index contributed by atoms with van der Waals surface area (Å²) >= 11 is 0. The molecule has 1 amide bonds. The molecule has 0 radical (unpaired) electrons. The Hall–Kier alpha value is -3.74. The van der Waals surface area contributed by atoms with E-state index in [1.807, 2.05) is 25.1 Å². The van der Waals surface area contributed by atoms with Crippen LogP contribution in [0.1, 0.15) is 15.9 Å². The molecule has 0 saturated heterocycles. The average Bonchev–Trinajstić information content (AvgIpc) is 2.74. The molecule has 29 heavy (non-hydrogen) atoms. The molecule has 0 fully saturated rings. The van der Waals surface area contributed by atoms with Gasteiger partial charge in [-0.25, -0.2) is 4.98 Å². The minimum atomic E-state index is -0.256. The number of anilines is 3. The summed E-state index contributed by atoms with van der Waals surface area (Å²) in [4.78, 5) is 16.9. The van der Waals surface area contributed by atoms with Gasteiger partial charge in [-0.05, 0) is 48.9 Å². The van der Waals surface area contributed by atoms with Crippen molar-refractivity contribution in [3.8, 4) is 17.2 Å². The van der Waals surface area contributed by atoms with Crippen LogP contribution >= 0.6 is 0 Å². The van der Waals surface area contributed by atoms with E-state index in [9.17, 15) is 4.79 Å². The number of fused-ring (bicyclic) bond motifs is 1. The monoisotopic (exact) mass is 391 g/mol. The van der Waals surface area contributed by atoms with Crippen LogP contribution in [0.2, 0.25) is 0 Å². The minimum Gasteiger partial charge on any atom is -0.495 e. The summed E-state index contributed by atoms with van der Waals surface area (Å²) < 4.78 is 16.4. The molecule has 1 aliphatic rings. The maximum Gasteiger partial charge on any atom is 0.257 e. The van der Waals surface area contributed by atoms with Crippen molar-refractivity contribution >= 4 is 23.1 Å². The van der Waals surface area contributed by atoms with Gasteiger partial charge < -0.3 is 24.8 Å². The van der Waals surface area contributed by atoms with E-state index >= 15 is 0 Å². The molecule has 2 N–H and O–H groups in total. The number of aromatic nitrogens is 1. The quantitative estimate of drug-likeness (QED) is 0.680. The molecule has 0 bridgehead atoms. The highest BCUT2D eigenvalue weighted by Crippen LogP contribution is 2.33. The van der Waals surface area contributed by atoms with Gasteiger partial charge in [-0.3, -0.25) is 4.79 Å². The highest BCUT2D eigenvalue weighted by Gasteiger charge is 2.14. The number of nitrogens with one attached hydrogen (secondary N) is 2. The molecule has 1 aliphatic heterocycles. The van der Waals surface area contributed by atoms with Crippen molar-refractivity contribution in [2.75, 3.05) is 31.0 Å². The zero-order valence-electron chi connectivity index (χ0n) is 16.2. The lowest BCUT2D eigenvalue weighted by molar-refractivity contribution is 0.102. The van der Waals surface area contributed by atoms with Crippen LogP contribution in [-0.4, -0.2) is 31.2 Å². The third-order valence-electron chi connectivity index (χ3n) is 4.44. The van der Waals surface area contributed by atoms with Gasteiger partial charge in [0.2, 0.25) is 0 Å². The summed E-state index contributed by atoms with van der Waals surface area (Å²) in [5.74, 6) is 2.38. The normalized spacial score (nSPS) is 12.2. The highest BCUT2D eigenvalue weighted by atomic mass is 16.6. The number of rotatable bonds is 5. The summed E-state index contributed by atoms with van der Waals surface area (Å²) in [6.07, 6.45) is 1.53. The number of hydrogen-bond donors (Lipinski definition) is 2. The predicted octanol–water partition coefficient (Wildman–Crippen LogP) is 4.17. The lowest BCUT2D eigenvalue weighted by atomic mass is 10.2. The van der Waals surface area contributed by atoms with Gasteiger partial charge in [-0.2, -0.15) is 0 Å². The van der Waals surface area contributed by atoms with Crippen LogP contribution in [0.3, 0.4) is 0 Å². The van der Waals surface area contributed by atoms with Crippen molar-refractivity contribution in [3.63, 3.8) is 0 Å². The first-order valence-electron chi connectivity index (χ1n) is 9.21. The number of carbonyl (C=O) groups excluding carboxylic acids is 1. The number of carbonyl (C=O) groups is 1. The lowest BCUT2D eigenvalue weighted by Crippen LogP contribution is -2.16. The Bertz CT molecular complexity index is 1030. The molecule has 7 heteroatoms. The predicted molar refractivity (Wildman–Crippen MR) is 111 cm³/mol. The number of nitrogens with zero attached hydrogens (tertiary/aromatic N) is 1. The van der Waals surface area contributed by atoms with Crippen molar-refractivity contribution in [3.05, 3.63) is 65.9 Å². The Labute approximate surface area is 168 Å². The third-order valence-corrected chi connectivity index (χ3v) is 4.44. The molecule has 2 aromatic carbocycles. The average molecular weight is 391 g/mol. The fourth-order valence-corrected chi connectivity index (χ4v) is 2.98. The Kier molecular flexibility index (Phi) is 5.20. The van der Waals surface area contributed by atoms with E-state index in [1.165, 1.54) is 6.20 Å². The maximum absolute atomic E-state index is 12.5. The lowest BCUT2D eigenvalue weighted by Gasteiger charge is -2.19. The van der Waals surface area contributed by atoms with Crippen LogP contribution in [0.4, 0.5) is 17.2 Å². The molecule has 0 spiro atoms. The summed E-state index contributed by atoms with van der Waals surface area (Å²) in [7, 11) is 1.62. The van der Waals surface area contributed by atoms with Crippen LogP contribution in [0.5, 0.6) is 17.2 Å². The molecular weight excluding hydrogens is 370 g/mol. The summed E-state index contributed by atoms with van der Waals surface area (Å²) in [6, 6.07) is 14.6. The summed E-state index contributed by atoms with van der Waals surface area (Å²) in [5.41, 5.74) is 2.99. The van der Waals surface area contributed by atoms with Gasteiger partial charge in [0.15, 0.2) is 11.5 Å². The summed E-state index contributed by atoms with van der Waals surface area (Å²) in [6.45, 7) is 3.02. The van der Waals surface area contributed by atoms with Gasteiger partial charge in [-0.1, -0.05) is 6.07 Å². The van der Waals surface area contributed by atoms with Crippen LogP contribution < -0.4 is 24.8 Å². The maximum atomic E-state index is 12.5. The second-order valence-electron chi connectivity index (χ2n) is 6.57. The first-order valence-corrected chi connectivity index (χ1v) is 9.21. The van der Waals surface area contributed by atoms with Crippen LogP contribution in [0.15, 0.2) is 54.7 Å². The molecule has 0 saturated carbocycles. The van der Waals surface area contributed by atoms with E-state index in [2.05, 4.69) is 15.6 Å². The molecule has 7 nitrogen and oxygen atoms in total. The minimum absolute atomic E-state index is 0.256. The van der Waals surface area contributed by atoms with Crippen molar-refractivity contribution in [2.45, 2.75) is 6.92 Å². The van der Waals surface area contributed by atoms with Gasteiger partial charge >= 0.3 is 0 Å². The van der Waals surface area contributed by atoms with Gasteiger partial charge in [0.05, 0.1) is 18.4 Å². The van der Waals surface area contributed by atoms with Crippen LogP contribution in [0.25, 0.3) is 0 Å². The molecule has 148 valence electrons. The third kappa shape index (κ3) is 4.24. The smallest absolute Gasteiger partial charge is 0.257 e. The zero-order chi connectivity index (χ0) is 20.2. The molecule has 4 rings (SSSR count). The van der Waals surface area contributed by atoms with Crippen LogP contribution in [0, 0.1) is 6.92 Å². The first-order chi connectivity index (χ1) is 14.1. The Morgan fingerprint density at radius 1 is 1.03 bits per heavy atom. The SMILES string of the molecule is COc1ccc(C)cc1Nc1ccc(C(=O)Nc2ccc3c(c2)OCCO3)cn1. The number of aryl methyl sites for hydroxylation is 1. The van der Waals surface area contributed by atoms with Gasteiger partial charge in [0, 0.05) is 18.0 Å².